The van der Waals surface area contributed by atoms with Crippen LogP contribution >= 0.6 is 0 Å². The molecule has 0 saturated carbocycles. The van der Waals surface area contributed by atoms with Gasteiger partial charge in [0.1, 0.15) is 5.60 Å². The van der Waals surface area contributed by atoms with Gasteiger partial charge >= 0.3 is 11.9 Å². The van der Waals surface area contributed by atoms with Gasteiger partial charge in [0.25, 0.3) is 0 Å². The van der Waals surface area contributed by atoms with Gasteiger partial charge in [-0.2, -0.15) is 5.90 Å². The number of esters is 1. The predicted molar refractivity (Wildman–Crippen MR) is 69.9 cm³/mol. The highest BCUT2D eigenvalue weighted by Crippen LogP contribution is 2.28. The number of carbonyl (C=O) groups is 2. The first-order chi connectivity index (χ1) is 8.71. The average molecular weight is 265 g/mol. The fraction of sp³-hybridized carbons (Fsp3) is 0.429. The van der Waals surface area contributed by atoms with E-state index >= 15 is 0 Å². The van der Waals surface area contributed by atoms with Crippen LogP contribution in [0.3, 0.4) is 0 Å². The van der Waals surface area contributed by atoms with Crippen LogP contribution in [-0.2, 0) is 24.6 Å². The summed E-state index contributed by atoms with van der Waals surface area (Å²) >= 11 is 0. The third kappa shape index (κ3) is 3.32. The standard InChI is InChI=1S/C14H19NO4/c1-13(2,3)18-11(16)14(4,12(17)19-15)10-8-6-5-7-9-10/h5-9H,15H2,1-4H3/t14-/m0/s1. The van der Waals surface area contributed by atoms with Gasteiger partial charge in [-0.3, -0.25) is 4.79 Å². The summed E-state index contributed by atoms with van der Waals surface area (Å²) in [5, 5.41) is 0. The highest BCUT2D eigenvalue weighted by atomic mass is 16.7. The Morgan fingerprint density at radius 2 is 1.53 bits per heavy atom. The summed E-state index contributed by atoms with van der Waals surface area (Å²) in [4.78, 5) is 28.5. The number of carbonyl (C=O) groups excluding carboxylic acids is 2. The van der Waals surface area contributed by atoms with Gasteiger partial charge in [-0.1, -0.05) is 30.3 Å². The van der Waals surface area contributed by atoms with Crippen LogP contribution in [0.25, 0.3) is 0 Å². The predicted octanol–water partition coefficient (Wildman–Crippen LogP) is 1.70. The number of rotatable bonds is 3. The van der Waals surface area contributed by atoms with E-state index in [0.717, 1.165) is 0 Å². The van der Waals surface area contributed by atoms with Crippen molar-refractivity contribution in [2.45, 2.75) is 38.7 Å². The smallest absolute Gasteiger partial charge is 0.346 e. The van der Waals surface area contributed by atoms with Crippen LogP contribution in [-0.4, -0.2) is 17.5 Å². The van der Waals surface area contributed by atoms with Crippen LogP contribution in [0.1, 0.15) is 33.3 Å². The summed E-state index contributed by atoms with van der Waals surface area (Å²) in [6.45, 7) is 6.61. The van der Waals surface area contributed by atoms with Crippen LogP contribution in [0.15, 0.2) is 30.3 Å². The fourth-order valence-electron chi connectivity index (χ4n) is 1.59. The van der Waals surface area contributed by atoms with Crippen molar-refractivity contribution in [2.24, 2.45) is 5.90 Å². The van der Waals surface area contributed by atoms with E-state index in [1.165, 1.54) is 6.92 Å². The molecule has 0 aliphatic heterocycles. The molecule has 104 valence electrons. The van der Waals surface area contributed by atoms with Gasteiger partial charge in [0.2, 0.25) is 0 Å². The Morgan fingerprint density at radius 1 is 1.00 bits per heavy atom. The number of ether oxygens (including phenoxy) is 1. The summed E-state index contributed by atoms with van der Waals surface area (Å²) in [7, 11) is 0. The Hall–Kier alpha value is -1.88. The molecule has 0 heterocycles. The van der Waals surface area contributed by atoms with Crippen molar-refractivity contribution < 1.29 is 19.2 Å². The molecule has 5 heteroatoms. The van der Waals surface area contributed by atoms with Crippen LogP contribution in [0.2, 0.25) is 0 Å². The Kier molecular flexibility index (Phi) is 4.32. The number of nitrogens with two attached hydrogens (primary N) is 1. The normalized spacial score (nSPS) is 14.4. The van der Waals surface area contributed by atoms with E-state index in [4.69, 9.17) is 10.6 Å². The highest BCUT2D eigenvalue weighted by Gasteiger charge is 2.47. The van der Waals surface area contributed by atoms with Gasteiger partial charge < -0.3 is 9.57 Å². The maximum Gasteiger partial charge on any atom is 0.346 e. The molecule has 2 N–H and O–H groups in total. The molecule has 0 unspecified atom stereocenters. The minimum Gasteiger partial charge on any atom is -0.459 e. The Bertz CT molecular complexity index is 464. The SMILES string of the molecule is CC(C)(C)OC(=O)[C@@](C)(C(=O)ON)c1ccccc1. The lowest BCUT2D eigenvalue weighted by atomic mass is 9.82. The van der Waals surface area contributed by atoms with E-state index in [0.29, 0.717) is 5.56 Å². The van der Waals surface area contributed by atoms with E-state index in [-0.39, 0.29) is 0 Å². The minimum atomic E-state index is -1.58. The van der Waals surface area contributed by atoms with Crippen molar-refractivity contribution >= 4 is 11.9 Å². The third-order valence-electron chi connectivity index (χ3n) is 2.67. The van der Waals surface area contributed by atoms with E-state index in [1.807, 2.05) is 0 Å². The van der Waals surface area contributed by atoms with E-state index in [9.17, 15) is 9.59 Å². The maximum atomic E-state index is 12.3. The Morgan fingerprint density at radius 3 is 1.95 bits per heavy atom. The van der Waals surface area contributed by atoms with Crippen molar-refractivity contribution in [1.29, 1.82) is 0 Å². The average Bonchev–Trinajstić information content (AvgIpc) is 2.35. The van der Waals surface area contributed by atoms with E-state index in [1.54, 1.807) is 51.1 Å². The molecule has 0 bridgehead atoms. The Labute approximate surface area is 112 Å². The molecule has 1 aromatic carbocycles. The van der Waals surface area contributed by atoms with Crippen molar-refractivity contribution in [3.05, 3.63) is 35.9 Å². The second-order valence-electron chi connectivity index (χ2n) is 5.40. The first kappa shape index (κ1) is 15.2. The van der Waals surface area contributed by atoms with Crippen molar-refractivity contribution in [2.75, 3.05) is 0 Å². The molecule has 0 aliphatic carbocycles. The molecule has 1 rings (SSSR count). The molecule has 0 spiro atoms. The van der Waals surface area contributed by atoms with Gasteiger partial charge in [-0.25, -0.2) is 4.79 Å². The molecule has 1 aromatic rings. The van der Waals surface area contributed by atoms with Crippen molar-refractivity contribution in [3.63, 3.8) is 0 Å². The molecular formula is C14H19NO4. The van der Waals surface area contributed by atoms with Gasteiger partial charge in [0.05, 0.1) is 0 Å². The van der Waals surface area contributed by atoms with Crippen molar-refractivity contribution in [1.82, 2.24) is 0 Å². The minimum absolute atomic E-state index is 0.472. The maximum absolute atomic E-state index is 12.3. The van der Waals surface area contributed by atoms with Gasteiger partial charge in [0, 0.05) is 0 Å². The number of hydrogen-bond donors (Lipinski definition) is 1. The largest absolute Gasteiger partial charge is 0.459 e. The molecule has 0 fully saturated rings. The van der Waals surface area contributed by atoms with Crippen LogP contribution in [0.5, 0.6) is 0 Å². The summed E-state index contributed by atoms with van der Waals surface area (Å²) < 4.78 is 5.28. The van der Waals surface area contributed by atoms with Gasteiger partial charge in [-0.05, 0) is 33.3 Å². The summed E-state index contributed by atoms with van der Waals surface area (Å²) in [6, 6.07) is 8.54. The van der Waals surface area contributed by atoms with E-state index in [2.05, 4.69) is 4.84 Å². The lowest BCUT2D eigenvalue weighted by Gasteiger charge is -2.29. The molecule has 5 nitrogen and oxygen atoms in total. The lowest BCUT2D eigenvalue weighted by molar-refractivity contribution is -0.171. The summed E-state index contributed by atoms with van der Waals surface area (Å²) in [5.41, 5.74) is -1.81. The summed E-state index contributed by atoms with van der Waals surface area (Å²) in [6.07, 6.45) is 0. The molecular weight excluding hydrogens is 246 g/mol. The second-order valence-corrected chi connectivity index (χ2v) is 5.40. The Balaban J connectivity index is 3.22. The zero-order chi connectivity index (χ0) is 14.7. The van der Waals surface area contributed by atoms with E-state index < -0.39 is 23.0 Å². The van der Waals surface area contributed by atoms with Gasteiger partial charge in [0.15, 0.2) is 5.41 Å². The van der Waals surface area contributed by atoms with Crippen LogP contribution < -0.4 is 5.90 Å². The fourth-order valence-corrected chi connectivity index (χ4v) is 1.59. The highest BCUT2D eigenvalue weighted by molar-refractivity contribution is 6.05. The molecule has 0 amide bonds. The molecule has 19 heavy (non-hydrogen) atoms. The zero-order valence-corrected chi connectivity index (χ0v) is 11.6. The second kappa shape index (κ2) is 5.40. The number of benzene rings is 1. The molecule has 0 aliphatic rings. The van der Waals surface area contributed by atoms with Crippen LogP contribution in [0, 0.1) is 0 Å². The van der Waals surface area contributed by atoms with Crippen LogP contribution in [0.4, 0.5) is 0 Å². The first-order valence-corrected chi connectivity index (χ1v) is 5.92. The van der Waals surface area contributed by atoms with Crippen molar-refractivity contribution in [3.8, 4) is 0 Å². The summed E-state index contributed by atoms with van der Waals surface area (Å²) in [5.74, 6) is 3.39. The molecule has 0 aromatic heterocycles. The third-order valence-corrected chi connectivity index (χ3v) is 2.67. The molecule has 1 atom stereocenters. The first-order valence-electron chi connectivity index (χ1n) is 5.92. The number of hydrogen-bond acceptors (Lipinski definition) is 5. The quantitative estimate of drug-likeness (QED) is 0.511. The topological polar surface area (TPSA) is 78.6 Å². The monoisotopic (exact) mass is 265 g/mol. The lowest BCUT2D eigenvalue weighted by Crippen LogP contribution is -2.46. The molecule has 0 saturated heterocycles. The van der Waals surface area contributed by atoms with Gasteiger partial charge in [-0.15, -0.1) is 0 Å². The molecule has 0 radical (unpaired) electrons. The zero-order valence-electron chi connectivity index (χ0n) is 11.6.